The largest absolute Gasteiger partial charge is 0.327 e. The van der Waals surface area contributed by atoms with Crippen molar-refractivity contribution in [2.45, 2.75) is 57.8 Å². The minimum atomic E-state index is -2.83. The van der Waals surface area contributed by atoms with E-state index in [1.165, 1.54) is 25.7 Å². The maximum absolute atomic E-state index is 8.55. The van der Waals surface area contributed by atoms with Gasteiger partial charge in [-0.2, -0.15) is 10.5 Å². The van der Waals surface area contributed by atoms with E-state index in [-0.39, 0.29) is 26.1 Å². The quantitative estimate of drug-likeness (QED) is 0.219. The van der Waals surface area contributed by atoms with Gasteiger partial charge in [0.2, 0.25) is 0 Å². The molecule has 5 nitrogen and oxygen atoms in total. The monoisotopic (exact) mass is 358 g/mol. The van der Waals surface area contributed by atoms with Crippen LogP contribution in [0.4, 0.5) is 0 Å². The molecule has 0 aliphatic carbocycles. The van der Waals surface area contributed by atoms with Gasteiger partial charge in [-0.25, -0.2) is 0 Å². The van der Waals surface area contributed by atoms with Crippen LogP contribution < -0.4 is 0 Å². The number of nitriles is 2. The summed E-state index contributed by atoms with van der Waals surface area (Å²) in [5, 5.41) is 17.1. The lowest BCUT2D eigenvalue weighted by Gasteiger charge is -2.21. The molecule has 0 aliphatic rings. The molecule has 0 amide bonds. The maximum atomic E-state index is 8.55. The van der Waals surface area contributed by atoms with Gasteiger partial charge in [-0.1, -0.05) is 31.8 Å². The van der Waals surface area contributed by atoms with Gasteiger partial charge in [-0.15, -0.1) is 6.58 Å². The van der Waals surface area contributed by atoms with Crippen LogP contribution in [0.15, 0.2) is 12.7 Å². The fourth-order valence-corrected chi connectivity index (χ4v) is 3.67. The molecule has 0 aromatic heterocycles. The third-order valence-electron chi connectivity index (χ3n) is 2.98. The molecule has 0 fully saturated rings. The summed E-state index contributed by atoms with van der Waals surface area (Å²) >= 11 is 5.29. The molecular weight excluding hydrogens is 331 g/mol. The van der Waals surface area contributed by atoms with Gasteiger partial charge in [-0.3, -0.25) is 0 Å². The van der Waals surface area contributed by atoms with E-state index in [1.54, 1.807) is 0 Å². The second-order valence-electron chi connectivity index (χ2n) is 4.96. The summed E-state index contributed by atoms with van der Waals surface area (Å²) in [6.45, 7) is 1.77. The van der Waals surface area contributed by atoms with Gasteiger partial charge < -0.3 is 13.6 Å². The Morgan fingerprint density at radius 1 is 0.826 bits per heavy atom. The molecule has 7 heteroatoms. The number of hydrogen-bond acceptors (Lipinski definition) is 6. The van der Waals surface area contributed by atoms with Crippen molar-refractivity contribution < 1.29 is 13.6 Å². The average molecular weight is 358 g/mol. The molecule has 130 valence electrons. The van der Waals surface area contributed by atoms with Crippen molar-refractivity contribution in [1.29, 1.82) is 10.5 Å². The first-order valence-corrected chi connectivity index (χ1v) is 10.6. The fraction of sp³-hybridized carbons (Fsp3) is 0.750. The van der Waals surface area contributed by atoms with Gasteiger partial charge >= 0.3 is 6.72 Å². The van der Waals surface area contributed by atoms with Gasteiger partial charge in [0.05, 0.1) is 44.8 Å². The Morgan fingerprint density at radius 2 is 1.30 bits per heavy atom. The zero-order chi connectivity index (χ0) is 17.2. The van der Waals surface area contributed by atoms with Crippen molar-refractivity contribution >= 4 is 18.5 Å². The molecule has 0 heterocycles. The molecule has 0 aromatic rings. The molecule has 0 saturated carbocycles. The molecule has 0 radical (unpaired) electrons. The van der Waals surface area contributed by atoms with Crippen LogP contribution in [0.1, 0.15) is 57.8 Å². The Balaban J connectivity index is 3.86. The van der Waals surface area contributed by atoms with Crippen molar-refractivity contribution in [3.63, 3.8) is 0 Å². The van der Waals surface area contributed by atoms with E-state index in [9.17, 15) is 0 Å². The van der Waals surface area contributed by atoms with Gasteiger partial charge in [0.1, 0.15) is 0 Å². The van der Waals surface area contributed by atoms with Gasteiger partial charge in [0.25, 0.3) is 0 Å². The predicted octanol–water partition coefficient (Wildman–Crippen LogP) is 5.00. The SMILES string of the molecule is C=CCCCCCCCCOP(=S)(OCCC#N)OCCC#N. The van der Waals surface area contributed by atoms with E-state index in [0.717, 1.165) is 19.3 Å². The second-order valence-corrected chi connectivity index (χ2v) is 7.97. The number of allylic oxidation sites excluding steroid dienone is 1. The Hall–Kier alpha value is -0.750. The molecule has 0 atom stereocenters. The first-order chi connectivity index (χ1) is 11.2. The van der Waals surface area contributed by atoms with Crippen LogP contribution >= 0.6 is 6.72 Å². The normalized spacial score (nSPS) is 10.9. The highest BCUT2D eigenvalue weighted by molar-refractivity contribution is 8.07. The molecule has 0 rings (SSSR count). The molecular formula is C16H27N2O3PS. The molecule has 0 bridgehead atoms. The van der Waals surface area contributed by atoms with Crippen LogP contribution in [-0.4, -0.2) is 19.8 Å². The molecule has 0 spiro atoms. The number of unbranched alkanes of at least 4 members (excludes halogenated alkanes) is 6. The summed E-state index contributed by atoms with van der Waals surface area (Å²) in [7, 11) is 0. The van der Waals surface area contributed by atoms with Crippen molar-refractivity contribution in [3.8, 4) is 12.1 Å². The number of nitrogens with zero attached hydrogens (tertiary/aromatic N) is 2. The summed E-state index contributed by atoms with van der Waals surface area (Å²) in [4.78, 5) is 0. The maximum Gasteiger partial charge on any atom is 0.327 e. The minimum absolute atomic E-state index is 0.198. The van der Waals surface area contributed by atoms with Gasteiger partial charge in [0.15, 0.2) is 0 Å². The van der Waals surface area contributed by atoms with E-state index < -0.39 is 6.72 Å². The highest BCUT2D eigenvalue weighted by Crippen LogP contribution is 2.50. The Morgan fingerprint density at radius 3 is 1.83 bits per heavy atom. The molecule has 0 saturated heterocycles. The standard InChI is InChI=1S/C16H27N2O3PS/c1-2-3-4-5-6-7-8-9-14-19-22(23,20-15-10-12-17)21-16-11-13-18/h2H,1,3-11,14-16H2. The van der Waals surface area contributed by atoms with Crippen molar-refractivity contribution in [2.24, 2.45) is 0 Å². The summed E-state index contributed by atoms with van der Waals surface area (Å²) in [6.07, 6.45) is 10.4. The van der Waals surface area contributed by atoms with E-state index in [4.69, 9.17) is 35.9 Å². The van der Waals surface area contributed by atoms with Crippen LogP contribution in [-0.2, 0) is 25.4 Å². The first-order valence-electron chi connectivity index (χ1n) is 8.07. The second kappa shape index (κ2) is 16.1. The van der Waals surface area contributed by atoms with Crippen LogP contribution in [0.3, 0.4) is 0 Å². The zero-order valence-electron chi connectivity index (χ0n) is 13.7. The minimum Gasteiger partial charge on any atom is -0.309 e. The summed E-state index contributed by atoms with van der Waals surface area (Å²) < 4.78 is 16.5. The Kier molecular flexibility index (Phi) is 15.6. The number of hydrogen-bond donors (Lipinski definition) is 0. The third-order valence-corrected chi connectivity index (χ3v) is 5.42. The molecule has 0 N–H and O–H groups in total. The smallest absolute Gasteiger partial charge is 0.309 e. The van der Waals surface area contributed by atoms with Crippen molar-refractivity contribution in [3.05, 3.63) is 12.7 Å². The Labute approximate surface area is 145 Å². The number of rotatable bonds is 16. The summed E-state index contributed by atoms with van der Waals surface area (Å²) in [5.74, 6) is 0. The fourth-order valence-electron chi connectivity index (χ4n) is 1.79. The summed E-state index contributed by atoms with van der Waals surface area (Å²) in [6, 6.07) is 3.98. The highest BCUT2D eigenvalue weighted by Gasteiger charge is 2.20. The van der Waals surface area contributed by atoms with Crippen molar-refractivity contribution in [1.82, 2.24) is 0 Å². The van der Waals surface area contributed by atoms with Crippen molar-refractivity contribution in [2.75, 3.05) is 19.8 Å². The molecule has 23 heavy (non-hydrogen) atoms. The van der Waals surface area contributed by atoms with Crippen LogP contribution in [0.2, 0.25) is 0 Å². The van der Waals surface area contributed by atoms with Gasteiger partial charge in [-0.05, 0) is 31.1 Å². The molecule has 0 aromatic carbocycles. The van der Waals surface area contributed by atoms with Gasteiger partial charge in [0, 0.05) is 0 Å². The topological polar surface area (TPSA) is 75.3 Å². The Bertz CT molecular complexity index is 408. The van der Waals surface area contributed by atoms with E-state index in [2.05, 4.69) is 6.58 Å². The first kappa shape index (κ1) is 22.2. The lowest BCUT2D eigenvalue weighted by Crippen LogP contribution is -2.03. The predicted molar refractivity (Wildman–Crippen MR) is 95.1 cm³/mol. The van der Waals surface area contributed by atoms with Crippen LogP contribution in [0.5, 0.6) is 0 Å². The highest BCUT2D eigenvalue weighted by atomic mass is 32.5. The molecule has 0 unspecified atom stereocenters. The third kappa shape index (κ3) is 14.6. The lowest BCUT2D eigenvalue weighted by atomic mass is 10.1. The lowest BCUT2D eigenvalue weighted by molar-refractivity contribution is 0.158. The molecule has 0 aliphatic heterocycles. The van der Waals surface area contributed by atoms with E-state index in [0.29, 0.717) is 6.61 Å². The zero-order valence-corrected chi connectivity index (χ0v) is 15.5. The van der Waals surface area contributed by atoms with Crippen LogP contribution in [0, 0.1) is 22.7 Å². The van der Waals surface area contributed by atoms with E-state index in [1.807, 2.05) is 18.2 Å². The van der Waals surface area contributed by atoms with Crippen LogP contribution in [0.25, 0.3) is 0 Å². The average Bonchev–Trinajstić information content (AvgIpc) is 2.54. The summed E-state index contributed by atoms with van der Waals surface area (Å²) in [5.41, 5.74) is 0. The van der Waals surface area contributed by atoms with E-state index >= 15 is 0 Å².